The third-order valence-corrected chi connectivity index (χ3v) is 10.6. The van der Waals surface area contributed by atoms with E-state index in [0.717, 1.165) is 70.2 Å². The smallest absolute Gasteiger partial charge is 0.178 e. The molecule has 2 atom stereocenters. The maximum atomic E-state index is 9.57. The minimum absolute atomic E-state index is 0. The molecular weight excluding hydrogens is 693 g/mol. The summed E-state index contributed by atoms with van der Waals surface area (Å²) in [6.45, 7) is 4.29. The maximum absolute atomic E-state index is 9.57. The first-order valence-electron chi connectivity index (χ1n) is 18.2. The molecule has 0 radical (unpaired) electrons. The highest BCUT2D eigenvalue weighted by Crippen LogP contribution is 2.35. The summed E-state index contributed by atoms with van der Waals surface area (Å²) in [6.07, 6.45) is 3.30. The van der Waals surface area contributed by atoms with Gasteiger partial charge >= 0.3 is 0 Å². The number of nitrogens with one attached hydrogen (secondary N) is 6. The summed E-state index contributed by atoms with van der Waals surface area (Å²) < 4.78 is 0. The number of H-pyrrole nitrogens is 2. The number of fused-ring (bicyclic) bond motifs is 6. The van der Waals surface area contributed by atoms with Gasteiger partial charge in [0.05, 0.1) is 33.1 Å². The van der Waals surface area contributed by atoms with E-state index in [9.17, 15) is 10.4 Å². The van der Waals surface area contributed by atoms with Crippen molar-refractivity contribution in [1.29, 1.82) is 0 Å². The number of para-hydroxylation sites is 2. The number of nitrogens with zero attached hydrogens (tertiary/aromatic N) is 4. The lowest BCUT2D eigenvalue weighted by molar-refractivity contribution is 0.327. The summed E-state index contributed by atoms with van der Waals surface area (Å²) in [4.78, 5) is 25.7. The van der Waals surface area contributed by atoms with Crippen LogP contribution in [0.15, 0.2) is 109 Å². The molecule has 0 aliphatic rings. The van der Waals surface area contributed by atoms with Gasteiger partial charge in [0.25, 0.3) is 0 Å². The molecular formula is C42H48N10O3. The van der Waals surface area contributed by atoms with Crippen LogP contribution in [0.1, 0.15) is 49.5 Å². The quantitative estimate of drug-likeness (QED) is 0.0595. The highest BCUT2D eigenvalue weighted by Gasteiger charge is 2.34. The average molecular weight is 741 g/mol. The van der Waals surface area contributed by atoms with Crippen LogP contribution in [-0.2, 0) is 23.9 Å². The summed E-state index contributed by atoms with van der Waals surface area (Å²) in [5.41, 5.74) is 10.8. The van der Waals surface area contributed by atoms with Gasteiger partial charge in [-0.25, -0.2) is 19.9 Å². The molecule has 0 bridgehead atoms. The second kappa shape index (κ2) is 16.6. The monoisotopic (exact) mass is 740 g/mol. The van der Waals surface area contributed by atoms with Crippen molar-refractivity contribution in [3.8, 4) is 0 Å². The standard InChI is InChI=1S/2C21H23N5O.H2O/c2*1-3-21(22-2,13-14-9-5-4-6-10-14)20-24-17-15-11-7-8-12-16(15)23-19(26-27)18(17)25-20;/h2*4-12,22,27H,3,13H2,1-2H3,(H,23,26)(H,24,25);1H2. The Hall–Kier alpha value is -5.96. The highest BCUT2D eigenvalue weighted by molar-refractivity contribution is 6.07. The van der Waals surface area contributed by atoms with E-state index in [-0.39, 0.29) is 16.6 Å². The molecule has 8 rings (SSSR count). The van der Waals surface area contributed by atoms with Gasteiger partial charge in [-0.3, -0.25) is 21.4 Å². The Morgan fingerprint density at radius 3 is 1.24 bits per heavy atom. The van der Waals surface area contributed by atoms with E-state index in [4.69, 9.17) is 9.97 Å². The Balaban J connectivity index is 0.000000184. The number of likely N-dealkylation sites (N-methyl/N-ethyl adjacent to an activating group) is 2. The van der Waals surface area contributed by atoms with Gasteiger partial charge in [0.1, 0.15) is 22.7 Å². The van der Waals surface area contributed by atoms with Crippen molar-refractivity contribution in [2.24, 2.45) is 0 Å². The number of anilines is 2. The van der Waals surface area contributed by atoms with E-state index < -0.39 is 0 Å². The number of hydrogen-bond donors (Lipinski definition) is 8. The van der Waals surface area contributed by atoms with Gasteiger partial charge < -0.3 is 26.1 Å². The Morgan fingerprint density at radius 1 is 0.527 bits per heavy atom. The van der Waals surface area contributed by atoms with Crippen molar-refractivity contribution in [2.45, 2.75) is 50.6 Å². The third-order valence-electron chi connectivity index (χ3n) is 10.6. The molecule has 0 fully saturated rings. The van der Waals surface area contributed by atoms with Crippen LogP contribution >= 0.6 is 0 Å². The van der Waals surface area contributed by atoms with E-state index in [1.807, 2.05) is 74.8 Å². The van der Waals surface area contributed by atoms with Crippen LogP contribution in [-0.4, -0.2) is 59.9 Å². The van der Waals surface area contributed by atoms with Crippen molar-refractivity contribution < 1.29 is 15.9 Å². The second-order valence-corrected chi connectivity index (χ2v) is 13.5. The second-order valence-electron chi connectivity index (χ2n) is 13.5. The first kappa shape index (κ1) is 38.8. The molecule has 0 aliphatic heterocycles. The van der Waals surface area contributed by atoms with Crippen LogP contribution in [0, 0.1) is 0 Å². The number of imidazole rings is 2. The van der Waals surface area contributed by atoms with Crippen molar-refractivity contribution in [2.75, 3.05) is 25.1 Å². The summed E-state index contributed by atoms with van der Waals surface area (Å²) in [5, 5.41) is 28.1. The molecule has 0 saturated heterocycles. The molecule has 0 spiro atoms. The summed E-state index contributed by atoms with van der Waals surface area (Å²) in [7, 11) is 3.92. The van der Waals surface area contributed by atoms with Crippen LogP contribution in [0.3, 0.4) is 0 Å². The Labute approximate surface area is 318 Å². The van der Waals surface area contributed by atoms with E-state index in [1.165, 1.54) is 11.1 Å². The first-order valence-corrected chi connectivity index (χ1v) is 18.2. The Kier molecular flexibility index (Phi) is 11.7. The largest absolute Gasteiger partial charge is 0.412 e. The number of aromatic nitrogens is 6. The first-order chi connectivity index (χ1) is 26.4. The average Bonchev–Trinajstić information content (AvgIpc) is 3.90. The zero-order valence-electron chi connectivity index (χ0n) is 31.4. The van der Waals surface area contributed by atoms with Gasteiger partial charge in [-0.05, 0) is 63.0 Å². The Bertz CT molecular complexity index is 2320. The lowest BCUT2D eigenvalue weighted by Gasteiger charge is -2.30. The third kappa shape index (κ3) is 7.31. The molecule has 2 unspecified atom stereocenters. The lowest BCUT2D eigenvalue weighted by Crippen LogP contribution is -2.42. The SMILES string of the molecule is CCC(Cc1ccccc1)(NC)c1nc2c(NO)nc3ccccc3c2[nH]1.CCC(Cc1ccccc1)(NC)c1nc2c(NO)nc3ccccc3c2[nH]1.O. The fourth-order valence-corrected chi connectivity index (χ4v) is 7.41. The summed E-state index contributed by atoms with van der Waals surface area (Å²) in [6, 6.07) is 36.4. The van der Waals surface area contributed by atoms with E-state index in [2.05, 4.69) is 104 Å². The molecule has 4 heterocycles. The fourth-order valence-electron chi connectivity index (χ4n) is 7.41. The van der Waals surface area contributed by atoms with Gasteiger partial charge in [0, 0.05) is 10.8 Å². The van der Waals surface area contributed by atoms with Gasteiger partial charge in [-0.1, -0.05) is 111 Å². The normalized spacial score (nSPS) is 13.5. The molecule has 0 saturated carbocycles. The van der Waals surface area contributed by atoms with Crippen molar-refractivity contribution in [1.82, 2.24) is 40.5 Å². The summed E-state index contributed by atoms with van der Waals surface area (Å²) >= 11 is 0. The fraction of sp³-hybridized carbons (Fsp3) is 0.238. The number of rotatable bonds is 12. The molecule has 8 aromatic rings. The Morgan fingerprint density at radius 2 is 0.891 bits per heavy atom. The van der Waals surface area contributed by atoms with Crippen LogP contribution in [0.4, 0.5) is 11.6 Å². The minimum atomic E-state index is -0.353. The van der Waals surface area contributed by atoms with E-state index >= 15 is 0 Å². The van der Waals surface area contributed by atoms with E-state index in [1.54, 1.807) is 0 Å². The van der Waals surface area contributed by atoms with Crippen LogP contribution < -0.4 is 21.6 Å². The van der Waals surface area contributed by atoms with Gasteiger partial charge in [0.15, 0.2) is 11.6 Å². The van der Waals surface area contributed by atoms with Gasteiger partial charge in [-0.15, -0.1) is 0 Å². The van der Waals surface area contributed by atoms with Gasteiger partial charge in [-0.2, -0.15) is 0 Å². The molecule has 55 heavy (non-hydrogen) atoms. The topological polar surface area (TPSA) is 203 Å². The molecule has 0 aliphatic carbocycles. The van der Waals surface area contributed by atoms with Gasteiger partial charge in [0.2, 0.25) is 0 Å². The zero-order valence-corrected chi connectivity index (χ0v) is 31.4. The number of aromatic amines is 2. The van der Waals surface area contributed by atoms with Crippen LogP contribution in [0.2, 0.25) is 0 Å². The predicted molar refractivity (Wildman–Crippen MR) is 220 cm³/mol. The molecule has 13 heteroatoms. The summed E-state index contributed by atoms with van der Waals surface area (Å²) in [5.74, 6) is 2.38. The molecule has 13 nitrogen and oxygen atoms in total. The predicted octanol–water partition coefficient (Wildman–Crippen LogP) is 7.13. The van der Waals surface area contributed by atoms with Crippen molar-refractivity contribution >= 4 is 55.5 Å². The number of pyridine rings is 2. The number of hydrogen-bond acceptors (Lipinski definition) is 10. The van der Waals surface area contributed by atoms with Crippen LogP contribution in [0.5, 0.6) is 0 Å². The molecule has 10 N–H and O–H groups in total. The maximum Gasteiger partial charge on any atom is 0.178 e. The van der Waals surface area contributed by atoms with Crippen molar-refractivity contribution in [3.05, 3.63) is 132 Å². The minimum Gasteiger partial charge on any atom is -0.412 e. The number of benzene rings is 4. The lowest BCUT2D eigenvalue weighted by atomic mass is 9.87. The van der Waals surface area contributed by atoms with Crippen LogP contribution in [0.25, 0.3) is 43.9 Å². The molecule has 284 valence electrons. The molecule has 0 amide bonds. The molecule has 4 aromatic heterocycles. The highest BCUT2D eigenvalue weighted by atomic mass is 16.5. The molecule has 4 aromatic carbocycles. The van der Waals surface area contributed by atoms with E-state index in [0.29, 0.717) is 22.7 Å². The van der Waals surface area contributed by atoms with Crippen molar-refractivity contribution in [3.63, 3.8) is 0 Å². The zero-order chi connectivity index (χ0) is 37.7.